The van der Waals surface area contributed by atoms with Gasteiger partial charge in [-0.2, -0.15) is 0 Å². The van der Waals surface area contributed by atoms with Crippen molar-refractivity contribution in [3.8, 4) is 0 Å². The molecule has 4 fully saturated rings. The van der Waals surface area contributed by atoms with Gasteiger partial charge in [0.2, 0.25) is 5.79 Å². The molecule has 11 heteroatoms. The Labute approximate surface area is 265 Å². The Morgan fingerprint density at radius 1 is 1.07 bits per heavy atom. The molecule has 3 aliphatic heterocycles. The summed E-state index contributed by atoms with van der Waals surface area (Å²) in [5.41, 5.74) is -3.49. The zero-order valence-electron chi connectivity index (χ0n) is 27.5. The molecule has 1 aliphatic carbocycles. The van der Waals surface area contributed by atoms with Gasteiger partial charge >= 0.3 is 11.9 Å². The van der Waals surface area contributed by atoms with Gasteiger partial charge in [0.25, 0.3) is 0 Å². The third-order valence-corrected chi connectivity index (χ3v) is 16.1. The van der Waals surface area contributed by atoms with Crippen LogP contribution in [0.5, 0.6) is 0 Å². The van der Waals surface area contributed by atoms with Crippen LogP contribution in [0.1, 0.15) is 72.2 Å². The number of ether oxygens (including phenoxy) is 4. The number of hydrogen-bond donors (Lipinski definition) is 1. The van der Waals surface area contributed by atoms with Crippen molar-refractivity contribution >= 4 is 32.3 Å². The number of esters is 2. The van der Waals surface area contributed by atoms with E-state index in [9.17, 15) is 19.5 Å². The number of carbonyl (C=O) groups is 4. The van der Waals surface area contributed by atoms with Crippen LogP contribution in [0, 0.1) is 16.7 Å². The first-order valence-electron chi connectivity index (χ1n) is 16.0. The van der Waals surface area contributed by atoms with Crippen LogP contribution in [0.4, 0.5) is 0 Å². The van der Waals surface area contributed by atoms with E-state index < -0.39 is 78.6 Å². The average Bonchev–Trinajstić information content (AvgIpc) is 3.19. The molecular weight excluding hydrogens is 596 g/mol. The van der Waals surface area contributed by atoms with Crippen LogP contribution in [0.3, 0.4) is 0 Å². The number of carbonyl (C=O) groups excluding carboxylic acids is 4. The third kappa shape index (κ3) is 4.72. The summed E-state index contributed by atoms with van der Waals surface area (Å²) in [5, 5.41) is 12.8. The summed E-state index contributed by atoms with van der Waals surface area (Å²) in [5.74, 6) is -5.17. The van der Waals surface area contributed by atoms with Crippen molar-refractivity contribution in [2.45, 2.75) is 116 Å². The predicted molar refractivity (Wildman–Crippen MR) is 166 cm³/mol. The smallest absolute Gasteiger partial charge is 0.338 e. The average molecular weight is 643 g/mol. The molecule has 5 rings (SSSR count). The van der Waals surface area contributed by atoms with E-state index in [0.29, 0.717) is 11.9 Å². The zero-order valence-corrected chi connectivity index (χ0v) is 28.5. The van der Waals surface area contributed by atoms with Crippen molar-refractivity contribution in [2.24, 2.45) is 16.7 Å². The lowest BCUT2D eigenvalue weighted by molar-refractivity contribution is -0.355. The molecule has 10 nitrogen and oxygen atoms in total. The zero-order chi connectivity index (χ0) is 33.2. The second-order valence-corrected chi connectivity index (χ2v) is 18.5. The lowest BCUT2D eigenvalue weighted by atomic mass is 9.49. The van der Waals surface area contributed by atoms with Crippen LogP contribution in [-0.4, -0.2) is 79.8 Å². The van der Waals surface area contributed by atoms with E-state index in [4.69, 9.17) is 23.4 Å². The van der Waals surface area contributed by atoms with Crippen molar-refractivity contribution in [3.63, 3.8) is 0 Å². The van der Waals surface area contributed by atoms with Gasteiger partial charge in [-0.15, -0.1) is 0 Å². The summed E-state index contributed by atoms with van der Waals surface area (Å²) < 4.78 is 32.0. The minimum Gasteiger partial charge on any atom is -0.453 e. The Morgan fingerprint density at radius 3 is 2.20 bits per heavy atom. The number of aldehydes is 1. The molecule has 0 aromatic heterocycles. The quantitative estimate of drug-likeness (QED) is 0.177. The van der Waals surface area contributed by atoms with E-state index >= 15 is 4.79 Å². The molecule has 3 saturated heterocycles. The van der Waals surface area contributed by atoms with Crippen LogP contribution in [0.25, 0.3) is 0 Å². The molecule has 45 heavy (non-hydrogen) atoms. The molecule has 3 heterocycles. The van der Waals surface area contributed by atoms with E-state index in [0.717, 1.165) is 18.1 Å². The van der Waals surface area contributed by atoms with E-state index in [2.05, 4.69) is 20.8 Å². The normalized spacial score (nSPS) is 37.8. The first-order valence-corrected chi connectivity index (χ1v) is 18.5. The van der Waals surface area contributed by atoms with Gasteiger partial charge in [-0.3, -0.25) is 14.4 Å². The predicted octanol–water partition coefficient (Wildman–Crippen LogP) is 4.54. The topological polar surface area (TPSA) is 135 Å². The van der Waals surface area contributed by atoms with Crippen LogP contribution in [-0.2, 0) is 37.8 Å². The monoisotopic (exact) mass is 642 g/mol. The highest BCUT2D eigenvalue weighted by Crippen LogP contribution is 2.66. The number of benzene rings is 1. The molecule has 2 bridgehead atoms. The molecule has 1 unspecified atom stereocenters. The van der Waals surface area contributed by atoms with E-state index in [1.165, 1.54) is 6.92 Å². The minimum atomic E-state index is -2.37. The Hall–Kier alpha value is -2.70. The number of rotatable bonds is 9. The van der Waals surface area contributed by atoms with Gasteiger partial charge < -0.3 is 28.5 Å². The van der Waals surface area contributed by atoms with Gasteiger partial charge in [0.05, 0.1) is 29.6 Å². The number of Topliss-reactive ketones (excluding diaryl/α,β-unsaturated/α-hetero) is 1. The Kier molecular flexibility index (Phi) is 8.62. The molecule has 246 valence electrons. The maximum absolute atomic E-state index is 15.2. The van der Waals surface area contributed by atoms with Crippen molar-refractivity contribution in [3.05, 3.63) is 47.0 Å². The first-order chi connectivity index (χ1) is 21.1. The minimum absolute atomic E-state index is 0.0635. The number of allylic oxidation sites excluding steroid dienone is 1. The van der Waals surface area contributed by atoms with Gasteiger partial charge in [-0.05, 0) is 55.3 Å². The van der Waals surface area contributed by atoms with Gasteiger partial charge in [0.1, 0.15) is 18.5 Å². The van der Waals surface area contributed by atoms with E-state index in [1.807, 2.05) is 0 Å². The highest BCUT2D eigenvalue weighted by atomic mass is 28.4. The van der Waals surface area contributed by atoms with Gasteiger partial charge in [-0.1, -0.05) is 52.8 Å². The van der Waals surface area contributed by atoms with Gasteiger partial charge in [0, 0.05) is 18.8 Å². The lowest BCUT2D eigenvalue weighted by Crippen LogP contribution is -2.80. The summed E-state index contributed by atoms with van der Waals surface area (Å²) >= 11 is 0. The Bertz CT molecular complexity index is 1390. The van der Waals surface area contributed by atoms with Gasteiger partial charge in [0.15, 0.2) is 25.8 Å². The molecule has 8 atom stereocenters. The maximum Gasteiger partial charge on any atom is 0.338 e. The first kappa shape index (κ1) is 33.7. The molecule has 1 N–H and O–H groups in total. The number of ketones is 1. The lowest BCUT2D eigenvalue weighted by Gasteiger charge is -2.65. The van der Waals surface area contributed by atoms with Crippen LogP contribution >= 0.6 is 0 Å². The second-order valence-electron chi connectivity index (χ2n) is 13.8. The summed E-state index contributed by atoms with van der Waals surface area (Å²) in [4.78, 5) is 54.1. The largest absolute Gasteiger partial charge is 0.453 e. The number of hydrogen-bond acceptors (Lipinski definition) is 10. The summed E-state index contributed by atoms with van der Waals surface area (Å²) in [6, 6.07) is 10.8. The second kappa shape index (κ2) is 11.5. The molecule has 0 spiro atoms. The molecular formula is C34H46O10Si. The summed E-state index contributed by atoms with van der Waals surface area (Å²) in [6.07, 6.45) is -3.38. The molecule has 4 aliphatic rings. The standard InChI is InChI=1S/C34H46O10Si/c1-9-45(10-2,11-3)44-23-17-24-33(19-40-24,42-21(5)36)27-29(41-30(38)22-15-13-12-14-16-22)34(39)31(6,7)25(20(4)18-35)26(43-34)28(37)32(23,27)8/h12-16,18,23-24,26-27,29,39H,9-11,17,19H2,1-8H3/b25-20-/t23-,24+,26+,27?,29-,32+,33-,34+/m0/s1. The molecule has 0 radical (unpaired) electrons. The number of aliphatic hydroxyl groups is 1. The van der Waals surface area contributed by atoms with E-state index in [1.54, 1.807) is 58.0 Å². The molecule has 1 aromatic carbocycles. The van der Waals surface area contributed by atoms with Crippen molar-refractivity contribution < 1.29 is 47.7 Å². The van der Waals surface area contributed by atoms with Crippen molar-refractivity contribution in [1.82, 2.24) is 0 Å². The highest BCUT2D eigenvalue weighted by molar-refractivity contribution is 6.73. The summed E-state index contributed by atoms with van der Waals surface area (Å²) in [6.45, 7) is 14.2. The fourth-order valence-corrected chi connectivity index (χ4v) is 11.5. The van der Waals surface area contributed by atoms with Crippen LogP contribution in [0.15, 0.2) is 41.5 Å². The van der Waals surface area contributed by atoms with Crippen LogP contribution in [0.2, 0.25) is 18.1 Å². The molecule has 1 saturated carbocycles. The van der Waals surface area contributed by atoms with Gasteiger partial charge in [-0.25, -0.2) is 4.79 Å². The highest BCUT2D eigenvalue weighted by Gasteiger charge is 2.81. The Morgan fingerprint density at radius 2 is 1.69 bits per heavy atom. The fraction of sp³-hybridized carbons (Fsp3) is 0.647. The van der Waals surface area contributed by atoms with Crippen molar-refractivity contribution in [2.75, 3.05) is 6.61 Å². The molecule has 1 aromatic rings. The SMILES string of the molecule is CC[Si](CC)(CC)O[C@H]1C[C@H]2OC[C@@]2(OC(C)=O)C2[C@H](OC(=O)c3ccccc3)[C@@]3(O)O[C@@H](C(=O)[C@@]21C)/C(=C(\C)C=O)C3(C)C. The molecule has 0 amide bonds. The summed E-state index contributed by atoms with van der Waals surface area (Å²) in [7, 11) is -2.37. The third-order valence-electron chi connectivity index (χ3n) is 11.4. The Balaban J connectivity index is 1.81. The van der Waals surface area contributed by atoms with Crippen molar-refractivity contribution in [1.29, 1.82) is 0 Å². The van der Waals surface area contributed by atoms with Crippen LogP contribution < -0.4 is 0 Å². The van der Waals surface area contributed by atoms with E-state index in [-0.39, 0.29) is 24.2 Å². The number of fused-ring (bicyclic) bond motifs is 5. The maximum atomic E-state index is 15.2. The fourth-order valence-electron chi connectivity index (χ4n) is 8.54.